The summed E-state index contributed by atoms with van der Waals surface area (Å²) in [5.74, 6) is -0.0338. The highest BCUT2D eigenvalue weighted by Gasteiger charge is 2.25. The SMILES string of the molecule is Cc1cccc(N(CCC#N)C(=O)CN2CCC(NS(C)(=O)=O)CC2)c1C. The van der Waals surface area contributed by atoms with Gasteiger partial charge in [0.15, 0.2) is 0 Å². The fraction of sp³-hybridized carbons (Fsp3) is 0.579. The quantitative estimate of drug-likeness (QED) is 0.760. The van der Waals surface area contributed by atoms with Crippen LogP contribution in [0.1, 0.15) is 30.4 Å². The first-order valence-corrected chi connectivity index (χ1v) is 11.0. The molecular formula is C19H28N4O3S. The molecule has 1 aliphatic heterocycles. The van der Waals surface area contributed by atoms with Gasteiger partial charge in [-0.25, -0.2) is 13.1 Å². The highest BCUT2D eigenvalue weighted by Crippen LogP contribution is 2.23. The number of aryl methyl sites for hydroxylation is 1. The molecule has 1 amide bonds. The maximum absolute atomic E-state index is 13.0. The normalized spacial score (nSPS) is 16.1. The lowest BCUT2D eigenvalue weighted by Gasteiger charge is -2.33. The largest absolute Gasteiger partial charge is 0.310 e. The summed E-state index contributed by atoms with van der Waals surface area (Å²) in [7, 11) is -3.21. The van der Waals surface area contributed by atoms with Gasteiger partial charge in [-0.15, -0.1) is 0 Å². The highest BCUT2D eigenvalue weighted by molar-refractivity contribution is 7.88. The van der Waals surface area contributed by atoms with Crippen LogP contribution in [0.2, 0.25) is 0 Å². The van der Waals surface area contributed by atoms with Gasteiger partial charge in [0.1, 0.15) is 0 Å². The predicted molar refractivity (Wildman–Crippen MR) is 106 cm³/mol. The second kappa shape index (κ2) is 9.31. The number of hydrogen-bond donors (Lipinski definition) is 1. The Bertz CT molecular complexity index is 809. The number of nitrogens with zero attached hydrogens (tertiary/aromatic N) is 3. The number of hydrogen-bond acceptors (Lipinski definition) is 5. The number of amides is 1. The Morgan fingerprint density at radius 1 is 1.33 bits per heavy atom. The molecule has 0 unspecified atom stereocenters. The van der Waals surface area contributed by atoms with Crippen molar-refractivity contribution in [1.82, 2.24) is 9.62 Å². The molecule has 1 fully saturated rings. The van der Waals surface area contributed by atoms with E-state index < -0.39 is 10.0 Å². The zero-order valence-electron chi connectivity index (χ0n) is 16.2. The van der Waals surface area contributed by atoms with E-state index in [0.29, 0.717) is 32.5 Å². The summed E-state index contributed by atoms with van der Waals surface area (Å²) in [5, 5.41) is 8.96. The zero-order valence-corrected chi connectivity index (χ0v) is 17.1. The molecule has 0 aromatic heterocycles. The number of anilines is 1. The molecule has 8 heteroatoms. The molecule has 1 aromatic rings. The van der Waals surface area contributed by atoms with Crippen LogP contribution in [-0.4, -0.2) is 57.7 Å². The molecule has 1 saturated heterocycles. The third-order valence-electron chi connectivity index (χ3n) is 4.94. The van der Waals surface area contributed by atoms with Crippen LogP contribution in [0, 0.1) is 25.2 Å². The minimum atomic E-state index is -3.21. The lowest BCUT2D eigenvalue weighted by molar-refractivity contribution is -0.120. The summed E-state index contributed by atoms with van der Waals surface area (Å²) in [4.78, 5) is 16.7. The summed E-state index contributed by atoms with van der Waals surface area (Å²) in [6, 6.07) is 7.89. The summed E-state index contributed by atoms with van der Waals surface area (Å²) >= 11 is 0. The smallest absolute Gasteiger partial charge is 0.241 e. The van der Waals surface area contributed by atoms with Crippen LogP contribution in [0.5, 0.6) is 0 Å². The Kier molecular flexibility index (Phi) is 7.36. The average Bonchev–Trinajstić information content (AvgIpc) is 2.59. The number of carbonyl (C=O) groups excluding carboxylic acids is 1. The highest BCUT2D eigenvalue weighted by atomic mass is 32.2. The number of sulfonamides is 1. The first-order chi connectivity index (χ1) is 12.7. The molecule has 148 valence electrons. The topological polar surface area (TPSA) is 93.5 Å². The van der Waals surface area contributed by atoms with Gasteiger partial charge >= 0.3 is 0 Å². The number of likely N-dealkylation sites (tertiary alicyclic amines) is 1. The molecule has 0 aliphatic carbocycles. The molecule has 1 aromatic carbocycles. The van der Waals surface area contributed by atoms with Gasteiger partial charge in [-0.05, 0) is 43.9 Å². The van der Waals surface area contributed by atoms with E-state index >= 15 is 0 Å². The van der Waals surface area contributed by atoms with Gasteiger partial charge in [-0.2, -0.15) is 5.26 Å². The zero-order chi connectivity index (χ0) is 20.0. The van der Waals surface area contributed by atoms with E-state index in [2.05, 4.69) is 10.8 Å². The van der Waals surface area contributed by atoms with E-state index in [1.165, 1.54) is 6.26 Å². The molecule has 0 spiro atoms. The van der Waals surface area contributed by atoms with Crippen molar-refractivity contribution in [1.29, 1.82) is 5.26 Å². The summed E-state index contributed by atoms with van der Waals surface area (Å²) in [5.41, 5.74) is 3.00. The van der Waals surface area contributed by atoms with E-state index in [-0.39, 0.29) is 24.9 Å². The molecular weight excluding hydrogens is 364 g/mol. The van der Waals surface area contributed by atoms with E-state index in [9.17, 15) is 13.2 Å². The maximum Gasteiger partial charge on any atom is 0.241 e. The lowest BCUT2D eigenvalue weighted by Crippen LogP contribution is -2.48. The first kappa shape index (κ1) is 21.4. The van der Waals surface area contributed by atoms with E-state index in [4.69, 9.17) is 5.26 Å². The fourth-order valence-electron chi connectivity index (χ4n) is 3.36. The molecule has 2 rings (SSSR count). The Labute approximate surface area is 162 Å². The number of piperidine rings is 1. The number of nitrogens with one attached hydrogen (secondary N) is 1. The van der Waals surface area contributed by atoms with Crippen LogP contribution in [0.3, 0.4) is 0 Å². The monoisotopic (exact) mass is 392 g/mol. The molecule has 0 radical (unpaired) electrons. The van der Waals surface area contributed by atoms with E-state index in [1.807, 2.05) is 36.9 Å². The van der Waals surface area contributed by atoms with E-state index in [0.717, 1.165) is 16.8 Å². The Morgan fingerprint density at radius 3 is 2.59 bits per heavy atom. The average molecular weight is 393 g/mol. The number of benzene rings is 1. The Morgan fingerprint density at radius 2 is 2.00 bits per heavy atom. The van der Waals surface area contributed by atoms with Gasteiger partial charge in [0.05, 0.1) is 25.3 Å². The van der Waals surface area contributed by atoms with Crippen LogP contribution in [0.15, 0.2) is 18.2 Å². The van der Waals surface area contributed by atoms with Gasteiger partial charge in [-0.1, -0.05) is 12.1 Å². The van der Waals surface area contributed by atoms with Gasteiger partial charge in [0.25, 0.3) is 0 Å². The molecule has 0 atom stereocenters. The van der Waals surface area contributed by atoms with Crippen LogP contribution < -0.4 is 9.62 Å². The van der Waals surface area contributed by atoms with Crippen molar-refractivity contribution in [3.63, 3.8) is 0 Å². The van der Waals surface area contributed by atoms with Crippen molar-refractivity contribution in [2.24, 2.45) is 0 Å². The van der Waals surface area contributed by atoms with Crippen molar-refractivity contribution < 1.29 is 13.2 Å². The summed E-state index contributed by atoms with van der Waals surface area (Å²) < 4.78 is 25.3. The number of nitriles is 1. The van der Waals surface area contributed by atoms with Crippen LogP contribution in [0.25, 0.3) is 0 Å². The van der Waals surface area contributed by atoms with Crippen molar-refractivity contribution in [2.45, 2.75) is 39.2 Å². The molecule has 1 heterocycles. The molecule has 1 N–H and O–H groups in total. The third kappa shape index (κ3) is 6.31. The van der Waals surface area contributed by atoms with E-state index in [1.54, 1.807) is 4.90 Å². The molecule has 7 nitrogen and oxygen atoms in total. The minimum absolute atomic E-state index is 0.0338. The third-order valence-corrected chi connectivity index (χ3v) is 5.70. The molecule has 27 heavy (non-hydrogen) atoms. The second-order valence-corrected chi connectivity index (χ2v) is 8.89. The van der Waals surface area contributed by atoms with Crippen molar-refractivity contribution in [3.05, 3.63) is 29.3 Å². The van der Waals surface area contributed by atoms with Gasteiger partial charge < -0.3 is 4.90 Å². The van der Waals surface area contributed by atoms with Crippen LogP contribution in [0.4, 0.5) is 5.69 Å². The molecule has 1 aliphatic rings. The lowest BCUT2D eigenvalue weighted by atomic mass is 10.1. The Balaban J connectivity index is 2.03. The van der Waals surface area contributed by atoms with Crippen molar-refractivity contribution in [3.8, 4) is 6.07 Å². The Hall–Kier alpha value is -1.95. The molecule has 0 saturated carbocycles. The van der Waals surface area contributed by atoms with Gasteiger partial charge in [-0.3, -0.25) is 9.69 Å². The first-order valence-electron chi connectivity index (χ1n) is 9.14. The van der Waals surface area contributed by atoms with Crippen LogP contribution >= 0.6 is 0 Å². The predicted octanol–water partition coefficient (Wildman–Crippen LogP) is 1.56. The maximum atomic E-state index is 13.0. The molecule has 0 bridgehead atoms. The fourth-order valence-corrected chi connectivity index (χ4v) is 4.20. The summed E-state index contributed by atoms with van der Waals surface area (Å²) in [6.45, 7) is 5.96. The second-order valence-electron chi connectivity index (χ2n) is 7.11. The minimum Gasteiger partial charge on any atom is -0.310 e. The standard InChI is InChI=1S/C19H28N4O3S/c1-15-6-4-7-18(16(15)2)23(11-5-10-20)19(24)14-22-12-8-17(9-13-22)21-27(3,25)26/h4,6-7,17,21H,5,8-9,11-14H2,1-3H3. The summed E-state index contributed by atoms with van der Waals surface area (Å²) in [6.07, 6.45) is 2.81. The number of carbonyl (C=O) groups is 1. The van der Waals surface area contributed by atoms with Crippen LogP contribution in [-0.2, 0) is 14.8 Å². The van der Waals surface area contributed by atoms with Gasteiger partial charge in [0.2, 0.25) is 15.9 Å². The van der Waals surface area contributed by atoms with Crippen molar-refractivity contribution >= 4 is 21.6 Å². The van der Waals surface area contributed by atoms with Crippen molar-refractivity contribution in [2.75, 3.05) is 37.3 Å². The number of rotatable bonds is 7. The van der Waals surface area contributed by atoms with Gasteiger partial charge in [0, 0.05) is 31.4 Å².